The van der Waals surface area contributed by atoms with Gasteiger partial charge >= 0.3 is 0 Å². The zero-order valence-electron chi connectivity index (χ0n) is 8.92. The molecule has 0 bridgehead atoms. The molecule has 0 N–H and O–H groups in total. The number of hydrogen-bond acceptors (Lipinski definition) is 1. The fourth-order valence-electron chi connectivity index (χ4n) is 2.51. The van der Waals surface area contributed by atoms with Crippen molar-refractivity contribution in [1.29, 1.82) is 0 Å². The molecule has 1 fully saturated rings. The van der Waals surface area contributed by atoms with Crippen molar-refractivity contribution in [1.82, 2.24) is 4.90 Å². The van der Waals surface area contributed by atoms with Gasteiger partial charge in [-0.15, -0.1) is 12.6 Å². The van der Waals surface area contributed by atoms with Crippen LogP contribution >= 0.6 is 24.8 Å². The van der Waals surface area contributed by atoms with Crippen molar-refractivity contribution < 1.29 is 0 Å². The van der Waals surface area contributed by atoms with Gasteiger partial charge in [0.2, 0.25) is 0 Å². The van der Waals surface area contributed by atoms with Crippen LogP contribution in [-0.4, -0.2) is 20.3 Å². The smallest absolute Gasteiger partial charge is 0.134 e. The van der Waals surface area contributed by atoms with Crippen molar-refractivity contribution in [3.05, 3.63) is 0 Å². The number of rotatable bonds is 0. The Kier molecular flexibility index (Phi) is 2.98. The number of likely N-dealkylation sites (tertiary alicyclic amines) is 1. The van der Waals surface area contributed by atoms with Gasteiger partial charge in [-0.1, -0.05) is 12.2 Å². The van der Waals surface area contributed by atoms with Gasteiger partial charge in [-0.2, -0.15) is 0 Å². The number of piperidine rings is 1. The highest BCUT2D eigenvalue weighted by atomic mass is 32.1. The summed E-state index contributed by atoms with van der Waals surface area (Å²) in [5.41, 5.74) is 0.334. The van der Waals surface area contributed by atoms with Crippen LogP contribution in [0.2, 0.25) is 0 Å². The summed E-state index contributed by atoms with van der Waals surface area (Å²) in [6.45, 7) is 8.99. The Morgan fingerprint density at radius 2 is 1.54 bits per heavy atom. The second kappa shape index (κ2) is 3.43. The first kappa shape index (κ1) is 11.3. The van der Waals surface area contributed by atoms with E-state index in [2.05, 4.69) is 45.2 Å². The molecular weight excluding hydrogens is 198 g/mol. The van der Waals surface area contributed by atoms with E-state index in [4.69, 9.17) is 12.2 Å². The molecule has 1 saturated heterocycles. The molecule has 0 spiro atoms. The predicted octanol–water partition coefficient (Wildman–Crippen LogP) is 3.24. The fourth-order valence-corrected chi connectivity index (χ4v) is 3.55. The molecular formula is C10H19NS2. The lowest BCUT2D eigenvalue weighted by molar-refractivity contribution is 0.0474. The van der Waals surface area contributed by atoms with E-state index in [9.17, 15) is 0 Å². The van der Waals surface area contributed by atoms with Gasteiger partial charge < -0.3 is 4.90 Å². The van der Waals surface area contributed by atoms with Crippen LogP contribution in [0.25, 0.3) is 0 Å². The predicted molar refractivity (Wildman–Crippen MR) is 65.4 cm³/mol. The molecule has 0 saturated carbocycles. The second-order valence-corrected chi connectivity index (χ2v) is 6.21. The van der Waals surface area contributed by atoms with E-state index in [1.807, 2.05) is 0 Å². The molecule has 1 aliphatic rings. The van der Waals surface area contributed by atoms with Crippen LogP contribution in [0.1, 0.15) is 47.0 Å². The van der Waals surface area contributed by atoms with Gasteiger partial charge in [-0.05, 0) is 47.0 Å². The summed E-state index contributed by atoms with van der Waals surface area (Å²) in [6.07, 6.45) is 3.70. The van der Waals surface area contributed by atoms with Crippen LogP contribution in [0.5, 0.6) is 0 Å². The number of hydrogen-bond donors (Lipinski definition) is 1. The largest absolute Gasteiger partial charge is 0.347 e. The Morgan fingerprint density at radius 3 is 1.77 bits per heavy atom. The first-order valence-corrected chi connectivity index (χ1v) is 5.66. The molecule has 0 unspecified atom stereocenters. The van der Waals surface area contributed by atoms with Crippen molar-refractivity contribution in [3.63, 3.8) is 0 Å². The lowest BCUT2D eigenvalue weighted by Crippen LogP contribution is -2.59. The van der Waals surface area contributed by atoms with Crippen LogP contribution in [0.15, 0.2) is 0 Å². The van der Waals surface area contributed by atoms with Crippen molar-refractivity contribution >= 4 is 29.2 Å². The Balaban J connectivity index is 2.98. The van der Waals surface area contributed by atoms with Crippen molar-refractivity contribution in [3.8, 4) is 0 Å². The third-order valence-electron chi connectivity index (χ3n) is 2.98. The summed E-state index contributed by atoms with van der Waals surface area (Å²) in [5, 5.41) is 0. The maximum atomic E-state index is 5.20. The Morgan fingerprint density at radius 1 is 1.15 bits per heavy atom. The third kappa shape index (κ3) is 2.18. The van der Waals surface area contributed by atoms with E-state index in [-0.39, 0.29) is 11.1 Å². The van der Waals surface area contributed by atoms with Crippen LogP contribution in [-0.2, 0) is 0 Å². The molecule has 0 radical (unpaired) electrons. The van der Waals surface area contributed by atoms with Crippen LogP contribution in [0.3, 0.4) is 0 Å². The maximum absolute atomic E-state index is 5.20. The molecule has 0 atom stereocenters. The quantitative estimate of drug-likeness (QED) is 0.490. The topological polar surface area (TPSA) is 3.24 Å². The number of thiol groups is 1. The normalized spacial score (nSPS) is 25.8. The SMILES string of the molecule is CC1(C)CCCC(C)(C)N1C(=S)S. The summed E-state index contributed by atoms with van der Waals surface area (Å²) in [7, 11) is 0. The summed E-state index contributed by atoms with van der Waals surface area (Å²) in [4.78, 5) is 2.28. The monoisotopic (exact) mass is 217 g/mol. The number of thiocarbonyl (C=S) groups is 1. The lowest BCUT2D eigenvalue weighted by Gasteiger charge is -2.53. The average Bonchev–Trinajstić information content (AvgIpc) is 1.79. The summed E-state index contributed by atoms with van der Waals surface area (Å²) < 4.78 is 0.731. The molecule has 0 aromatic carbocycles. The van der Waals surface area contributed by atoms with Crippen molar-refractivity contribution in [2.24, 2.45) is 0 Å². The highest BCUT2D eigenvalue weighted by Gasteiger charge is 2.41. The maximum Gasteiger partial charge on any atom is 0.134 e. The minimum absolute atomic E-state index is 0.167. The van der Waals surface area contributed by atoms with Gasteiger partial charge in [0, 0.05) is 11.1 Å². The van der Waals surface area contributed by atoms with Gasteiger partial charge in [-0.25, -0.2) is 0 Å². The minimum Gasteiger partial charge on any atom is -0.347 e. The van der Waals surface area contributed by atoms with Gasteiger partial charge in [0.1, 0.15) is 4.32 Å². The molecule has 1 rings (SSSR count). The van der Waals surface area contributed by atoms with E-state index in [0.717, 1.165) is 4.32 Å². The van der Waals surface area contributed by atoms with Crippen LogP contribution in [0, 0.1) is 0 Å². The Bertz CT molecular complexity index is 205. The molecule has 13 heavy (non-hydrogen) atoms. The fraction of sp³-hybridized carbons (Fsp3) is 0.900. The molecule has 0 amide bonds. The number of nitrogens with zero attached hydrogens (tertiary/aromatic N) is 1. The third-order valence-corrected chi connectivity index (χ3v) is 3.36. The molecule has 0 aromatic heterocycles. The lowest BCUT2D eigenvalue weighted by atomic mass is 9.80. The van der Waals surface area contributed by atoms with E-state index in [0.29, 0.717) is 0 Å². The molecule has 0 aliphatic carbocycles. The first-order chi connectivity index (χ1) is 5.77. The van der Waals surface area contributed by atoms with E-state index >= 15 is 0 Å². The molecule has 0 aromatic rings. The van der Waals surface area contributed by atoms with Gasteiger partial charge in [-0.3, -0.25) is 0 Å². The molecule has 3 heteroatoms. The van der Waals surface area contributed by atoms with Crippen LogP contribution < -0.4 is 0 Å². The zero-order valence-corrected chi connectivity index (χ0v) is 10.6. The van der Waals surface area contributed by atoms with Crippen molar-refractivity contribution in [2.45, 2.75) is 58.0 Å². The second-order valence-electron chi connectivity index (χ2n) is 5.10. The van der Waals surface area contributed by atoms with Gasteiger partial charge in [0.15, 0.2) is 0 Å². The van der Waals surface area contributed by atoms with E-state index < -0.39 is 0 Å². The minimum atomic E-state index is 0.167. The Labute approximate surface area is 92.3 Å². The summed E-state index contributed by atoms with van der Waals surface area (Å²) in [6, 6.07) is 0. The summed E-state index contributed by atoms with van der Waals surface area (Å²) >= 11 is 9.53. The highest BCUT2D eigenvalue weighted by molar-refractivity contribution is 8.10. The van der Waals surface area contributed by atoms with E-state index in [1.54, 1.807) is 0 Å². The van der Waals surface area contributed by atoms with Crippen molar-refractivity contribution in [2.75, 3.05) is 0 Å². The molecule has 76 valence electrons. The Hall–Kier alpha value is 0.240. The van der Waals surface area contributed by atoms with E-state index in [1.165, 1.54) is 19.3 Å². The van der Waals surface area contributed by atoms with Crippen LogP contribution in [0.4, 0.5) is 0 Å². The molecule has 1 nitrogen and oxygen atoms in total. The average molecular weight is 217 g/mol. The highest BCUT2D eigenvalue weighted by Crippen LogP contribution is 2.38. The van der Waals surface area contributed by atoms with Gasteiger partial charge in [0.25, 0.3) is 0 Å². The first-order valence-electron chi connectivity index (χ1n) is 4.81. The molecule has 1 heterocycles. The zero-order chi connectivity index (χ0) is 10.3. The standard InChI is InChI=1S/C10H19NS2/c1-9(2)6-5-7-10(3,4)11(9)8(12)13/h5-7H2,1-4H3,(H,12,13). The van der Waals surface area contributed by atoms with Gasteiger partial charge in [0.05, 0.1) is 0 Å². The molecule has 1 aliphatic heterocycles. The summed E-state index contributed by atoms with van der Waals surface area (Å²) in [5.74, 6) is 0.